The van der Waals surface area contributed by atoms with Gasteiger partial charge in [0, 0.05) is 51.6 Å². The maximum Gasteiger partial charge on any atom is 0.326 e. The largest absolute Gasteiger partial charge is 0.481 e. The van der Waals surface area contributed by atoms with Gasteiger partial charge in [0.1, 0.15) is 73.1 Å². The van der Waals surface area contributed by atoms with Gasteiger partial charge in [0.15, 0.2) is 24.6 Å². The Hall–Kier alpha value is -12.7. The summed E-state index contributed by atoms with van der Waals surface area (Å²) in [5, 5.41) is 68.4. The molecule has 50 heteroatoms. The van der Waals surface area contributed by atoms with E-state index in [4.69, 9.17) is 51.4 Å². The monoisotopic (exact) mass is 2000 g/mol. The van der Waals surface area contributed by atoms with E-state index in [1.807, 2.05) is 0 Å². The number of aliphatic hydroxyl groups excluding tert-OH is 1. The number of hydrogen-bond donors (Lipinski definition) is 20. The molecular weight excluding hydrogens is 1860 g/mol. The number of rotatable bonds is 55. The molecule has 0 aliphatic carbocycles. The molecule has 3 aliphatic heterocycles. The molecule has 3 heterocycles. The molecule has 141 heavy (non-hydrogen) atoms. The van der Waals surface area contributed by atoms with Gasteiger partial charge in [-0.25, -0.2) is 4.79 Å². The standard InChI is InChI=1S/C91H144N18O32/c1-16-47(2)69(107-65(115)43-98-78(126)59-38-50(110)45-109(59)81(129)54(29-32-68(119)120)102-62(112)40-94)80(128)100-48(3)73(121)96-41-64(114)103-56(37-49-23-18-17-19-24-49)77(125)106-57(39-51(33-35-93)137-83-72(141-87(135)91(13,14)15)71(140-86(134)90(10,11)12)70(139-85(133)89(7,8)9)60(138-83)46-136-84(132)88(4,5)6)75(123)97-42-63(113)101-53(28-31-67(117)118)76(124)104-52(27-30-61(95)111)74(122)99-44-66(116)108-36-22-26-58(108)79(127)105-55(82(130)131)25-20-21-34-92/h17-19,23-24,47-48,50-60,69-72,83,110H,16,20-22,25-46,92-94H2,1-15H3,(H2,95,111)(H,96,121)(H,97,123)(H,98,126)(H,99,122)(H,100,128)(H,101,113)(H,102,112)(H,103,114)(H,104,124)(H,105,127)(H,106,125)(H,107,115)(H,117,118)(H,119,120)(H,130,131)/t47-,48-,50+,51+,52-,53-,54-,55-,56-,57-,58-,59-,60+,69-,70-,71-,72+,83+/m0/s1. The maximum absolute atomic E-state index is 15.4. The number of aliphatic hydroxyl groups is 1. The predicted molar refractivity (Wildman–Crippen MR) is 496 cm³/mol. The van der Waals surface area contributed by atoms with Crippen LogP contribution in [-0.2, 0) is 140 Å². The summed E-state index contributed by atoms with van der Waals surface area (Å²) in [6.07, 6.45) is -16.2. The molecule has 0 saturated carbocycles. The van der Waals surface area contributed by atoms with Crippen molar-refractivity contribution in [1.29, 1.82) is 0 Å². The Morgan fingerprint density at radius 1 is 0.489 bits per heavy atom. The molecule has 0 spiro atoms. The van der Waals surface area contributed by atoms with Crippen LogP contribution in [0.2, 0.25) is 0 Å². The summed E-state index contributed by atoms with van der Waals surface area (Å²) in [6, 6.07) is -7.81. The third-order valence-electron chi connectivity index (χ3n) is 22.7. The molecule has 18 atom stereocenters. The normalized spacial score (nSPS) is 19.6. The minimum Gasteiger partial charge on any atom is -0.481 e. The molecule has 1 aromatic rings. The number of primary amides is 1. The van der Waals surface area contributed by atoms with Gasteiger partial charge in [-0.05, 0) is 172 Å². The van der Waals surface area contributed by atoms with Crippen LogP contribution in [0.5, 0.6) is 0 Å². The van der Waals surface area contributed by atoms with Crippen molar-refractivity contribution >= 4 is 130 Å². The number of nitrogens with two attached hydrogens (primary N) is 4. The fourth-order valence-corrected chi connectivity index (χ4v) is 14.3. The average Bonchev–Trinajstić information content (AvgIpc) is 1.54. The first kappa shape index (κ1) is 121. The van der Waals surface area contributed by atoms with Gasteiger partial charge in [0.2, 0.25) is 88.6 Å². The van der Waals surface area contributed by atoms with Gasteiger partial charge in [-0.1, -0.05) is 50.6 Å². The minimum atomic E-state index is -2.03. The van der Waals surface area contributed by atoms with Gasteiger partial charge in [0.05, 0.1) is 66.6 Å². The first-order valence-electron chi connectivity index (χ1n) is 46.7. The topological polar surface area (TPSA) is 767 Å². The van der Waals surface area contributed by atoms with Crippen LogP contribution < -0.4 is 86.7 Å². The molecule has 50 nitrogen and oxygen atoms in total. The molecular formula is C91H144N18O32. The van der Waals surface area contributed by atoms with Crippen molar-refractivity contribution in [3.63, 3.8) is 0 Å². The van der Waals surface area contributed by atoms with E-state index >= 15 is 9.59 Å². The second-order valence-corrected chi connectivity index (χ2v) is 38.9. The molecule has 0 radical (unpaired) electrons. The summed E-state index contributed by atoms with van der Waals surface area (Å²) in [7, 11) is 0. The zero-order valence-corrected chi connectivity index (χ0v) is 82.6. The fourth-order valence-electron chi connectivity index (χ4n) is 14.3. The van der Waals surface area contributed by atoms with E-state index in [0.29, 0.717) is 24.8 Å². The van der Waals surface area contributed by atoms with Gasteiger partial charge in [0.25, 0.3) is 0 Å². The number of β-amino-alcohol motifs (C(OH)–C–C–N with tert-alkyl or cyclic N) is 1. The number of nitrogens with one attached hydrogen (secondary N) is 12. The fraction of sp³-hybridized carbons (Fsp3) is 0.692. The highest BCUT2D eigenvalue weighted by Crippen LogP contribution is 2.36. The first-order chi connectivity index (χ1) is 65.7. The van der Waals surface area contributed by atoms with E-state index in [1.54, 1.807) is 44.2 Å². The molecule has 24 N–H and O–H groups in total. The number of esters is 4. The summed E-state index contributed by atoms with van der Waals surface area (Å²) < 4.78 is 37.6. The first-order valence-corrected chi connectivity index (χ1v) is 46.7. The lowest BCUT2D eigenvalue weighted by Crippen LogP contribution is -2.64. The van der Waals surface area contributed by atoms with Crippen LogP contribution in [0.1, 0.15) is 206 Å². The number of aliphatic carboxylic acids is 3. The van der Waals surface area contributed by atoms with E-state index in [9.17, 15) is 116 Å². The molecule has 0 aromatic heterocycles. The van der Waals surface area contributed by atoms with Crippen LogP contribution in [0.4, 0.5) is 0 Å². The Bertz CT molecular complexity index is 4550. The number of carboxylic acid groups (broad SMARTS) is 3. The smallest absolute Gasteiger partial charge is 0.326 e. The highest BCUT2D eigenvalue weighted by molar-refractivity contribution is 6.00. The van der Waals surface area contributed by atoms with E-state index in [-0.39, 0.29) is 51.7 Å². The van der Waals surface area contributed by atoms with Gasteiger partial charge < -0.3 is 145 Å². The number of ether oxygens (including phenoxy) is 6. The number of benzene rings is 1. The van der Waals surface area contributed by atoms with Gasteiger partial charge >= 0.3 is 41.8 Å². The number of unbranched alkanes of at least 4 members (excludes halogenated alkanes) is 1. The van der Waals surface area contributed by atoms with Crippen molar-refractivity contribution in [3.8, 4) is 0 Å². The second kappa shape index (κ2) is 56.7. The number of amides is 15. The third kappa shape index (κ3) is 40.8. The number of carbonyl (C=O) groups excluding carboxylic acids is 19. The summed E-state index contributed by atoms with van der Waals surface area (Å²) in [5.41, 5.74) is 17.9. The molecule has 4 rings (SSSR count). The van der Waals surface area contributed by atoms with Crippen LogP contribution in [0.25, 0.3) is 0 Å². The van der Waals surface area contributed by atoms with Crippen molar-refractivity contribution in [2.75, 3.05) is 65.5 Å². The third-order valence-corrected chi connectivity index (χ3v) is 22.7. The molecule has 0 unspecified atom stereocenters. The maximum atomic E-state index is 15.4. The van der Waals surface area contributed by atoms with Crippen LogP contribution >= 0.6 is 0 Å². The Kier molecular flexibility index (Phi) is 48.5. The quantitative estimate of drug-likeness (QED) is 0.0165. The summed E-state index contributed by atoms with van der Waals surface area (Å²) in [5.74, 6) is -23.8. The van der Waals surface area contributed by atoms with E-state index < -0.39 is 359 Å². The lowest BCUT2D eigenvalue weighted by Gasteiger charge is -2.46. The zero-order valence-electron chi connectivity index (χ0n) is 82.6. The highest BCUT2D eigenvalue weighted by atomic mass is 16.7. The van der Waals surface area contributed by atoms with Crippen LogP contribution in [0, 0.1) is 27.6 Å². The summed E-state index contributed by atoms with van der Waals surface area (Å²) in [6.45, 7) is 16.9. The predicted octanol–water partition coefficient (Wildman–Crippen LogP) is -4.93. The van der Waals surface area contributed by atoms with Gasteiger partial charge in [-0.3, -0.25) is 101 Å². The molecule has 1 aromatic carbocycles. The van der Waals surface area contributed by atoms with Crippen molar-refractivity contribution in [3.05, 3.63) is 35.9 Å². The van der Waals surface area contributed by atoms with Crippen molar-refractivity contribution in [2.45, 2.75) is 310 Å². The Balaban J connectivity index is 1.78. The zero-order chi connectivity index (χ0) is 106. The van der Waals surface area contributed by atoms with E-state index in [2.05, 4.69) is 63.8 Å². The van der Waals surface area contributed by atoms with Crippen molar-refractivity contribution in [2.24, 2.45) is 50.5 Å². The second-order valence-electron chi connectivity index (χ2n) is 38.9. The summed E-state index contributed by atoms with van der Waals surface area (Å²) in [4.78, 5) is 302. The molecule has 3 fully saturated rings. The number of hydrogen-bond acceptors (Lipinski definition) is 32. The molecule has 790 valence electrons. The molecule has 0 bridgehead atoms. The van der Waals surface area contributed by atoms with Crippen LogP contribution in [0.3, 0.4) is 0 Å². The van der Waals surface area contributed by atoms with Gasteiger partial charge in [-0.15, -0.1) is 0 Å². The van der Waals surface area contributed by atoms with Crippen LogP contribution in [-0.4, -0.2) is 329 Å². The SMILES string of the molecule is CC[C@H](C)[C@H](NC(=O)CNC(=O)[C@@H]1C[C@@H](O)CN1C(=O)[C@H](CCC(=O)O)NC(=O)CN)C(=O)N[C@@H](C)C(=O)NCC(=O)N[C@@H](Cc1ccccc1)C(=O)N[C@@H](C[C@@H](CCN)O[C@@H]1O[C@H](COC(=O)C(C)(C)C)[C@H](OC(=O)C(C)(C)C)[C@H](OC(=O)C(C)(C)C)[C@H]1OC(=O)C(C)(C)C)C(=O)NCC(=O)N[C@@H](CCC(=O)O)C(=O)N[C@@H](CCC(N)=O)C(=O)NCC(=O)N1CCC[C@H]1C(=O)N[C@@H](CCCCN)C(=O)O. The van der Waals surface area contributed by atoms with Crippen molar-refractivity contribution in [1.82, 2.24) is 73.6 Å². The number of carbonyl (C=O) groups is 22. The van der Waals surface area contributed by atoms with E-state index in [0.717, 1.165) is 9.80 Å². The average molecular weight is 2000 g/mol. The van der Waals surface area contributed by atoms with Crippen LogP contribution in [0.15, 0.2) is 30.3 Å². The number of carboxylic acids is 3. The van der Waals surface area contributed by atoms with Gasteiger partial charge in [-0.2, -0.15) is 0 Å². The van der Waals surface area contributed by atoms with E-state index in [1.165, 1.54) is 90.0 Å². The minimum absolute atomic E-state index is 0.00978. The Labute approximate surface area is 816 Å². The highest BCUT2D eigenvalue weighted by Gasteiger charge is 2.56. The molecule has 15 amide bonds. The molecule has 3 saturated heterocycles. The Morgan fingerprint density at radius 2 is 0.993 bits per heavy atom. The lowest BCUT2D eigenvalue weighted by molar-refractivity contribution is -0.321. The number of likely N-dealkylation sites (tertiary alicyclic amines) is 2. The lowest BCUT2D eigenvalue weighted by atomic mass is 9.93. The number of nitrogens with zero attached hydrogens (tertiary/aromatic N) is 2. The van der Waals surface area contributed by atoms with Crippen molar-refractivity contribution < 1.29 is 154 Å². The summed E-state index contributed by atoms with van der Waals surface area (Å²) >= 11 is 0. The molecule has 3 aliphatic rings. The Morgan fingerprint density at radius 3 is 1.54 bits per heavy atom.